The highest BCUT2D eigenvalue weighted by Gasteiger charge is 2.37. The normalized spacial score (nSPS) is 17.3. The van der Waals surface area contributed by atoms with Crippen molar-refractivity contribution < 1.29 is 19.4 Å². The molecule has 192 valence electrons. The molecule has 1 saturated carbocycles. The van der Waals surface area contributed by atoms with E-state index in [-0.39, 0.29) is 23.2 Å². The lowest BCUT2D eigenvalue weighted by Gasteiger charge is -2.29. The van der Waals surface area contributed by atoms with E-state index in [2.05, 4.69) is 10.6 Å². The molecule has 0 aliphatic heterocycles. The minimum Gasteiger partial charge on any atom is -0.449 e. The zero-order valence-corrected chi connectivity index (χ0v) is 21.4. The molecule has 3 rings (SSSR count). The predicted octanol–water partition coefficient (Wildman–Crippen LogP) is 4.48. The van der Waals surface area contributed by atoms with Crippen LogP contribution in [0.5, 0.6) is 0 Å². The summed E-state index contributed by atoms with van der Waals surface area (Å²) in [5.41, 5.74) is 1.45. The van der Waals surface area contributed by atoms with Crippen molar-refractivity contribution in [2.45, 2.75) is 84.4 Å². The largest absolute Gasteiger partial charge is 0.449 e. The lowest BCUT2D eigenvalue weighted by Crippen LogP contribution is -2.53. The van der Waals surface area contributed by atoms with E-state index < -0.39 is 24.3 Å². The first-order chi connectivity index (χ1) is 16.7. The number of nitrogens with one attached hydrogen (secondary N) is 2. The first kappa shape index (κ1) is 26.9. The maximum absolute atomic E-state index is 13.2. The fraction of sp³-hybridized carbons (Fsp3) is 0.607. The quantitative estimate of drug-likeness (QED) is 0.436. The fourth-order valence-electron chi connectivity index (χ4n) is 4.85. The van der Waals surface area contributed by atoms with Gasteiger partial charge in [0, 0.05) is 11.1 Å². The van der Waals surface area contributed by atoms with Crippen molar-refractivity contribution >= 4 is 12.0 Å². The summed E-state index contributed by atoms with van der Waals surface area (Å²) < 4.78 is 5.44. The van der Waals surface area contributed by atoms with Crippen LogP contribution in [0.4, 0.5) is 4.79 Å². The number of amides is 2. The second kappa shape index (κ2) is 12.3. The molecule has 2 aromatic rings. The molecule has 1 fully saturated rings. The molecular formula is C28H40N2O5. The Hall–Kier alpha value is -2.67. The van der Waals surface area contributed by atoms with Gasteiger partial charge in [0.1, 0.15) is 12.1 Å². The van der Waals surface area contributed by atoms with Crippen LogP contribution in [0.2, 0.25) is 0 Å². The van der Waals surface area contributed by atoms with E-state index in [9.17, 15) is 19.5 Å². The Labute approximate surface area is 208 Å². The molecule has 2 amide bonds. The molecular weight excluding hydrogens is 444 g/mol. The molecule has 1 aliphatic rings. The molecule has 0 saturated heterocycles. The molecule has 7 nitrogen and oxygen atoms in total. The van der Waals surface area contributed by atoms with Gasteiger partial charge in [0.25, 0.3) is 0 Å². The van der Waals surface area contributed by atoms with Gasteiger partial charge >= 0.3 is 6.09 Å². The number of rotatable bonds is 11. The van der Waals surface area contributed by atoms with Gasteiger partial charge in [-0.25, -0.2) is 4.79 Å². The second-order valence-corrected chi connectivity index (χ2v) is 10.6. The Kier molecular flexibility index (Phi) is 9.49. The number of benzene rings is 1. The SMILES string of the molecule is CC(C)C[C@@H](NC(=O)OCC1CCCCC1)C(=O)NC(C(C)C)[C@@H](O)c1c(-c2ccccc2)c1=O. The Bertz CT molecular complexity index is 971. The molecule has 0 aromatic heterocycles. The van der Waals surface area contributed by atoms with Crippen LogP contribution < -0.4 is 16.1 Å². The molecule has 1 aliphatic carbocycles. The van der Waals surface area contributed by atoms with Gasteiger partial charge in [-0.05, 0) is 42.6 Å². The molecule has 0 heterocycles. The highest BCUT2D eigenvalue weighted by molar-refractivity contribution is 5.86. The van der Waals surface area contributed by atoms with E-state index in [4.69, 9.17) is 4.74 Å². The zero-order valence-electron chi connectivity index (χ0n) is 21.4. The third-order valence-corrected chi connectivity index (χ3v) is 6.89. The Morgan fingerprint density at radius 1 is 1.03 bits per heavy atom. The Balaban J connectivity index is 1.64. The summed E-state index contributed by atoms with van der Waals surface area (Å²) in [5, 5.41) is 16.7. The zero-order chi connectivity index (χ0) is 25.5. The van der Waals surface area contributed by atoms with Crippen molar-refractivity contribution in [1.29, 1.82) is 0 Å². The lowest BCUT2D eigenvalue weighted by molar-refractivity contribution is -0.125. The van der Waals surface area contributed by atoms with Crippen molar-refractivity contribution in [3.8, 4) is 11.1 Å². The molecule has 3 atom stereocenters. The van der Waals surface area contributed by atoms with Crippen LogP contribution >= 0.6 is 0 Å². The minimum absolute atomic E-state index is 0.134. The van der Waals surface area contributed by atoms with Crippen LogP contribution in [0, 0.1) is 17.8 Å². The van der Waals surface area contributed by atoms with E-state index in [1.165, 1.54) is 6.42 Å². The van der Waals surface area contributed by atoms with Crippen molar-refractivity contribution in [2.24, 2.45) is 17.8 Å². The van der Waals surface area contributed by atoms with E-state index in [0.29, 0.717) is 30.1 Å². The number of aliphatic hydroxyl groups is 1. The number of hydrogen-bond donors (Lipinski definition) is 3. The predicted molar refractivity (Wildman–Crippen MR) is 137 cm³/mol. The van der Waals surface area contributed by atoms with Crippen LogP contribution in [-0.2, 0) is 9.53 Å². The van der Waals surface area contributed by atoms with Crippen LogP contribution in [0.1, 0.15) is 77.9 Å². The summed E-state index contributed by atoms with van der Waals surface area (Å²) in [6.07, 6.45) is 4.41. The van der Waals surface area contributed by atoms with E-state index >= 15 is 0 Å². The van der Waals surface area contributed by atoms with Gasteiger partial charge in [0.2, 0.25) is 5.91 Å². The summed E-state index contributed by atoms with van der Waals surface area (Å²) in [6, 6.07) is 7.75. The average Bonchev–Trinajstić information content (AvgIpc) is 3.51. The first-order valence-electron chi connectivity index (χ1n) is 12.9. The number of aliphatic hydroxyl groups excluding tert-OH is 1. The molecule has 0 radical (unpaired) electrons. The van der Waals surface area contributed by atoms with Crippen LogP contribution in [-0.4, -0.2) is 35.8 Å². The lowest BCUT2D eigenvalue weighted by atomic mass is 9.90. The molecule has 1 unspecified atom stereocenters. The van der Waals surface area contributed by atoms with Crippen LogP contribution in [0.25, 0.3) is 11.1 Å². The topological polar surface area (TPSA) is 105 Å². The standard InChI is InChI=1S/C28H40N2O5/c1-17(2)15-21(29-28(34)35-16-19-11-7-5-8-12-19)27(33)30-24(18(3)4)26(32)23-22(25(23)31)20-13-9-6-10-14-20/h6,9-10,13-14,17-19,21,24,26,32H,5,7-8,11-12,15-16H2,1-4H3,(H,29,34)(H,30,33)/t21-,24?,26+/m1/s1. The average molecular weight is 485 g/mol. The third kappa shape index (κ3) is 7.40. The number of carbonyl (C=O) groups excluding carboxylic acids is 2. The molecule has 2 aromatic carbocycles. The van der Waals surface area contributed by atoms with Crippen molar-refractivity contribution in [3.63, 3.8) is 0 Å². The van der Waals surface area contributed by atoms with Gasteiger partial charge in [0.15, 0.2) is 5.43 Å². The van der Waals surface area contributed by atoms with Gasteiger partial charge in [-0.15, -0.1) is 0 Å². The summed E-state index contributed by atoms with van der Waals surface area (Å²) >= 11 is 0. The monoisotopic (exact) mass is 484 g/mol. The van der Waals surface area contributed by atoms with Crippen LogP contribution in [0.15, 0.2) is 35.1 Å². The fourth-order valence-corrected chi connectivity index (χ4v) is 4.85. The summed E-state index contributed by atoms with van der Waals surface area (Å²) in [5.74, 6) is 0.0191. The summed E-state index contributed by atoms with van der Waals surface area (Å²) in [4.78, 5) is 38.2. The van der Waals surface area contributed by atoms with Gasteiger partial charge < -0.3 is 20.5 Å². The first-order valence-corrected chi connectivity index (χ1v) is 12.9. The summed E-state index contributed by atoms with van der Waals surface area (Å²) in [6.45, 7) is 8.09. The van der Waals surface area contributed by atoms with Crippen molar-refractivity contribution in [2.75, 3.05) is 6.61 Å². The molecule has 3 N–H and O–H groups in total. The number of carbonyl (C=O) groups is 2. The van der Waals surface area contributed by atoms with Gasteiger partial charge in [-0.3, -0.25) is 9.59 Å². The van der Waals surface area contributed by atoms with Crippen molar-refractivity contribution in [3.05, 3.63) is 46.1 Å². The van der Waals surface area contributed by atoms with E-state index in [0.717, 1.165) is 31.2 Å². The Morgan fingerprint density at radius 2 is 1.69 bits per heavy atom. The maximum atomic E-state index is 13.2. The van der Waals surface area contributed by atoms with Gasteiger partial charge in [-0.2, -0.15) is 0 Å². The number of ether oxygens (including phenoxy) is 1. The molecule has 35 heavy (non-hydrogen) atoms. The highest BCUT2D eigenvalue weighted by atomic mass is 16.5. The van der Waals surface area contributed by atoms with Gasteiger partial charge in [0.05, 0.1) is 12.6 Å². The smallest absolute Gasteiger partial charge is 0.407 e. The third-order valence-electron chi connectivity index (χ3n) is 6.89. The van der Waals surface area contributed by atoms with E-state index in [1.54, 1.807) is 0 Å². The molecule has 0 bridgehead atoms. The minimum atomic E-state index is -1.13. The number of hydrogen-bond acceptors (Lipinski definition) is 5. The highest BCUT2D eigenvalue weighted by Crippen LogP contribution is 2.33. The maximum Gasteiger partial charge on any atom is 0.407 e. The second-order valence-electron chi connectivity index (χ2n) is 10.6. The van der Waals surface area contributed by atoms with Crippen LogP contribution in [0.3, 0.4) is 0 Å². The molecule has 7 heteroatoms. The van der Waals surface area contributed by atoms with E-state index in [1.807, 2.05) is 58.0 Å². The molecule has 0 spiro atoms. The Morgan fingerprint density at radius 3 is 2.29 bits per heavy atom. The van der Waals surface area contributed by atoms with Crippen molar-refractivity contribution in [1.82, 2.24) is 10.6 Å². The number of alkyl carbamates (subject to hydrolysis) is 1. The summed E-state index contributed by atoms with van der Waals surface area (Å²) in [7, 11) is 0. The van der Waals surface area contributed by atoms with Gasteiger partial charge in [-0.1, -0.05) is 77.3 Å².